The van der Waals surface area contributed by atoms with Crippen molar-refractivity contribution < 1.29 is 4.74 Å². The highest BCUT2D eigenvalue weighted by molar-refractivity contribution is 5.55. The summed E-state index contributed by atoms with van der Waals surface area (Å²) in [7, 11) is 0. The molecule has 37 heavy (non-hydrogen) atoms. The zero-order chi connectivity index (χ0) is 25.5. The Morgan fingerprint density at radius 2 is 1.78 bits per heavy atom. The highest BCUT2D eigenvalue weighted by atomic mass is 16.5. The van der Waals surface area contributed by atoms with Gasteiger partial charge in [0.2, 0.25) is 5.43 Å². The summed E-state index contributed by atoms with van der Waals surface area (Å²) in [4.78, 5) is 17.0. The van der Waals surface area contributed by atoms with E-state index in [0.717, 1.165) is 35.3 Å². The maximum absolute atomic E-state index is 12.6. The van der Waals surface area contributed by atoms with E-state index in [4.69, 9.17) is 4.74 Å². The second-order valence-corrected chi connectivity index (χ2v) is 8.78. The van der Waals surface area contributed by atoms with E-state index < -0.39 is 0 Å². The summed E-state index contributed by atoms with van der Waals surface area (Å²) in [5.74, 6) is 0.675. The molecule has 5 aromatic rings. The quantitative estimate of drug-likeness (QED) is 0.258. The van der Waals surface area contributed by atoms with Crippen molar-refractivity contribution in [1.29, 1.82) is 0 Å². The zero-order valence-corrected chi connectivity index (χ0v) is 20.8. The number of benzene rings is 2. The minimum Gasteiger partial charge on any atom is -0.375 e. The molecule has 188 valence electrons. The van der Waals surface area contributed by atoms with Gasteiger partial charge in [-0.2, -0.15) is 15.3 Å². The summed E-state index contributed by atoms with van der Waals surface area (Å²) in [6.07, 6.45) is 8.45. The average molecular weight is 496 g/mol. The zero-order valence-electron chi connectivity index (χ0n) is 20.8. The van der Waals surface area contributed by atoms with Gasteiger partial charge in [0.1, 0.15) is 17.7 Å². The molecule has 0 N–H and O–H groups in total. The van der Waals surface area contributed by atoms with E-state index in [-0.39, 0.29) is 5.43 Å². The predicted molar refractivity (Wildman–Crippen MR) is 140 cm³/mol. The number of ether oxygens (including phenoxy) is 1. The van der Waals surface area contributed by atoms with Gasteiger partial charge in [0.15, 0.2) is 5.82 Å². The highest BCUT2D eigenvalue weighted by Gasteiger charge is 2.10. The summed E-state index contributed by atoms with van der Waals surface area (Å²) in [6, 6.07) is 19.5. The van der Waals surface area contributed by atoms with Crippen LogP contribution in [0.1, 0.15) is 30.2 Å². The fraction of sp³-hybridized carbons (Fsp3) is 0.250. The third-order valence-electron chi connectivity index (χ3n) is 5.89. The predicted octanol–water partition coefficient (Wildman–Crippen LogP) is 3.91. The van der Waals surface area contributed by atoms with E-state index in [1.165, 1.54) is 0 Å². The van der Waals surface area contributed by atoms with Crippen molar-refractivity contribution in [2.45, 2.75) is 39.5 Å². The summed E-state index contributed by atoms with van der Waals surface area (Å²) in [5, 5.41) is 13.6. The molecule has 9 heteroatoms. The Morgan fingerprint density at radius 3 is 2.65 bits per heavy atom. The van der Waals surface area contributed by atoms with Crippen molar-refractivity contribution >= 4 is 0 Å². The van der Waals surface area contributed by atoms with Crippen LogP contribution >= 0.6 is 0 Å². The van der Waals surface area contributed by atoms with Gasteiger partial charge in [-0.1, -0.05) is 55.5 Å². The largest absolute Gasteiger partial charge is 0.375 e. The van der Waals surface area contributed by atoms with Crippen molar-refractivity contribution in [2.75, 3.05) is 6.61 Å². The molecule has 0 saturated carbocycles. The van der Waals surface area contributed by atoms with Crippen LogP contribution < -0.4 is 5.43 Å². The van der Waals surface area contributed by atoms with Gasteiger partial charge in [-0.05, 0) is 23.6 Å². The molecule has 0 fully saturated rings. The molecule has 0 bridgehead atoms. The first-order valence-corrected chi connectivity index (χ1v) is 12.4. The SMILES string of the molecule is CCCn1cnc(-c2cccc(Cc3nn(-c4cnn(CCOCc5ccccc5)c4)ccc3=O)c2)n1. The lowest BCUT2D eigenvalue weighted by atomic mass is 10.1. The van der Waals surface area contributed by atoms with Crippen LogP contribution in [0.3, 0.4) is 0 Å². The lowest BCUT2D eigenvalue weighted by molar-refractivity contribution is 0.111. The number of hydrogen-bond donors (Lipinski definition) is 0. The molecule has 0 aliphatic carbocycles. The van der Waals surface area contributed by atoms with Crippen LogP contribution in [-0.4, -0.2) is 40.9 Å². The molecular weight excluding hydrogens is 466 g/mol. The normalized spacial score (nSPS) is 11.2. The number of aromatic nitrogens is 7. The van der Waals surface area contributed by atoms with E-state index in [1.54, 1.807) is 29.5 Å². The third-order valence-corrected chi connectivity index (χ3v) is 5.89. The summed E-state index contributed by atoms with van der Waals surface area (Å²) < 4.78 is 11.1. The summed E-state index contributed by atoms with van der Waals surface area (Å²) in [6.45, 7) is 4.67. The lowest BCUT2D eigenvalue weighted by Gasteiger charge is -2.07. The monoisotopic (exact) mass is 495 g/mol. The van der Waals surface area contributed by atoms with Gasteiger partial charge in [0, 0.05) is 30.8 Å². The number of hydrogen-bond acceptors (Lipinski definition) is 6. The van der Waals surface area contributed by atoms with Crippen molar-refractivity contribution in [3.05, 3.63) is 113 Å². The smallest absolute Gasteiger partial charge is 0.203 e. The topological polar surface area (TPSA) is 92.6 Å². The molecular formula is C28H29N7O2. The first kappa shape index (κ1) is 24.3. The molecule has 0 aliphatic rings. The van der Waals surface area contributed by atoms with Crippen LogP contribution in [0.4, 0.5) is 0 Å². The van der Waals surface area contributed by atoms with Gasteiger partial charge in [0.05, 0.1) is 32.2 Å². The van der Waals surface area contributed by atoms with Crippen molar-refractivity contribution in [3.8, 4) is 17.1 Å². The van der Waals surface area contributed by atoms with Gasteiger partial charge in [-0.15, -0.1) is 0 Å². The first-order valence-electron chi connectivity index (χ1n) is 12.4. The van der Waals surface area contributed by atoms with Crippen molar-refractivity contribution in [2.24, 2.45) is 0 Å². The van der Waals surface area contributed by atoms with E-state index >= 15 is 0 Å². The standard InChI is InChI=1S/C28H29N7O2/c1-2-12-34-21-29-28(32-34)24-10-6-9-23(16-24)17-26-27(36)11-13-35(31-26)25-18-30-33(19-25)14-15-37-20-22-7-4-3-5-8-22/h3-11,13,16,18-19,21H,2,12,14-15,17,20H2,1H3. The van der Waals surface area contributed by atoms with Gasteiger partial charge >= 0.3 is 0 Å². The maximum Gasteiger partial charge on any atom is 0.203 e. The van der Waals surface area contributed by atoms with Crippen LogP contribution in [-0.2, 0) is 30.9 Å². The Bertz CT molecular complexity index is 1500. The Balaban J connectivity index is 1.24. The Hall–Kier alpha value is -4.37. The third kappa shape index (κ3) is 6.25. The lowest BCUT2D eigenvalue weighted by Crippen LogP contribution is -2.16. The average Bonchev–Trinajstić information content (AvgIpc) is 3.59. The van der Waals surface area contributed by atoms with Crippen LogP contribution in [0.5, 0.6) is 0 Å². The molecule has 0 atom stereocenters. The molecule has 5 rings (SSSR count). The van der Waals surface area contributed by atoms with E-state index in [1.807, 2.05) is 70.2 Å². The molecule has 2 aromatic carbocycles. The second-order valence-electron chi connectivity index (χ2n) is 8.78. The van der Waals surface area contributed by atoms with Crippen molar-refractivity contribution in [1.82, 2.24) is 34.3 Å². The molecule has 0 saturated heterocycles. The van der Waals surface area contributed by atoms with Crippen LogP contribution in [0, 0.1) is 0 Å². The molecule has 0 amide bonds. The van der Waals surface area contributed by atoms with E-state index in [0.29, 0.717) is 37.7 Å². The van der Waals surface area contributed by atoms with Gasteiger partial charge < -0.3 is 4.74 Å². The minimum atomic E-state index is -0.103. The van der Waals surface area contributed by atoms with Gasteiger partial charge in [-0.3, -0.25) is 14.2 Å². The molecule has 3 heterocycles. The maximum atomic E-state index is 12.6. The summed E-state index contributed by atoms with van der Waals surface area (Å²) >= 11 is 0. The second kappa shape index (κ2) is 11.6. The van der Waals surface area contributed by atoms with Gasteiger partial charge in [0.25, 0.3) is 0 Å². The van der Waals surface area contributed by atoms with E-state index in [2.05, 4.69) is 27.2 Å². The number of nitrogens with zero attached hydrogens (tertiary/aromatic N) is 7. The molecule has 0 aliphatic heterocycles. The van der Waals surface area contributed by atoms with Crippen LogP contribution in [0.25, 0.3) is 17.1 Å². The number of aryl methyl sites for hydroxylation is 1. The molecule has 0 radical (unpaired) electrons. The molecule has 9 nitrogen and oxygen atoms in total. The minimum absolute atomic E-state index is 0.103. The fourth-order valence-electron chi connectivity index (χ4n) is 4.01. The number of rotatable bonds is 11. The van der Waals surface area contributed by atoms with Crippen LogP contribution in [0.15, 0.2) is 90.4 Å². The highest BCUT2D eigenvalue weighted by Crippen LogP contribution is 2.17. The molecule has 3 aromatic heterocycles. The Morgan fingerprint density at radius 1 is 0.919 bits per heavy atom. The first-order chi connectivity index (χ1) is 18.2. The van der Waals surface area contributed by atoms with Crippen LogP contribution in [0.2, 0.25) is 0 Å². The Kier molecular flexibility index (Phi) is 7.61. The Labute approximate surface area is 215 Å². The molecule has 0 unspecified atom stereocenters. The summed E-state index contributed by atoms with van der Waals surface area (Å²) in [5.41, 5.74) is 4.17. The molecule has 0 spiro atoms. The van der Waals surface area contributed by atoms with E-state index in [9.17, 15) is 4.79 Å². The van der Waals surface area contributed by atoms with Crippen molar-refractivity contribution in [3.63, 3.8) is 0 Å². The van der Waals surface area contributed by atoms with Gasteiger partial charge in [-0.25, -0.2) is 9.67 Å². The fourth-order valence-corrected chi connectivity index (χ4v) is 4.01.